The molecule has 0 aliphatic heterocycles. The molecule has 0 unspecified atom stereocenters. The Labute approximate surface area is 211 Å². The van der Waals surface area contributed by atoms with Crippen LogP contribution in [0.15, 0.2) is 70.2 Å². The molecule has 0 saturated carbocycles. The topological polar surface area (TPSA) is 90.8 Å². The molecule has 0 atom stereocenters. The van der Waals surface area contributed by atoms with Gasteiger partial charge in [0.15, 0.2) is 0 Å². The van der Waals surface area contributed by atoms with E-state index in [1.54, 1.807) is 54.6 Å². The molecule has 1 aromatic heterocycles. The van der Waals surface area contributed by atoms with Crippen molar-refractivity contribution >= 4 is 84.3 Å². The van der Waals surface area contributed by atoms with E-state index in [0.29, 0.717) is 31.7 Å². The first-order valence-electron chi connectivity index (χ1n) is 9.42. The number of carbonyl (C=O) groups is 2. The van der Waals surface area contributed by atoms with Crippen molar-refractivity contribution in [3.8, 4) is 5.75 Å². The number of nitrogens with zero attached hydrogens (tertiary/aromatic N) is 1. The average Bonchev–Trinajstić information content (AvgIpc) is 3.12. The van der Waals surface area contributed by atoms with Crippen molar-refractivity contribution in [3.05, 3.63) is 91.2 Å². The third-order valence-electron chi connectivity index (χ3n) is 4.56. The number of phenolic OH excluding ortho intramolecular Hbond substituents is 1. The minimum absolute atomic E-state index is 0.0399. The molecular formula is C23H14BrCl2N3O3S. The van der Waals surface area contributed by atoms with Crippen LogP contribution in [0.2, 0.25) is 10.0 Å². The van der Waals surface area contributed by atoms with Gasteiger partial charge in [0.2, 0.25) is 0 Å². The van der Waals surface area contributed by atoms with E-state index >= 15 is 0 Å². The maximum absolute atomic E-state index is 12.7. The average molecular weight is 563 g/mol. The number of halogens is 3. The Kier molecular flexibility index (Phi) is 6.99. The third kappa shape index (κ3) is 5.36. The van der Waals surface area contributed by atoms with Crippen LogP contribution in [0, 0.1) is 0 Å². The standard InChI is InChI=1S/C23H14BrCl2N3O3S/c24-14-3-8-18(30)13(9-14)11-27-29-22(31)12-1-5-16(6-2-12)28-23(32)21-20(26)17-7-4-15(25)10-19(17)33-21/h1-11,30H,(H,28,32)(H,29,31)/b27-11-. The second-order valence-electron chi connectivity index (χ2n) is 6.82. The van der Waals surface area contributed by atoms with E-state index in [2.05, 4.69) is 31.8 Å². The highest BCUT2D eigenvalue weighted by Crippen LogP contribution is 2.37. The molecule has 1 heterocycles. The SMILES string of the molecule is O=C(N/N=C\c1cc(Br)ccc1O)c1ccc(NC(=O)c2sc3cc(Cl)ccc3c2Cl)cc1. The summed E-state index contributed by atoms with van der Waals surface area (Å²) in [5, 5.41) is 18.1. The number of hydrazone groups is 1. The minimum atomic E-state index is -0.442. The number of thiophene rings is 1. The predicted octanol–water partition coefficient (Wildman–Crippen LogP) is 6.69. The molecule has 4 rings (SSSR count). The summed E-state index contributed by atoms with van der Waals surface area (Å²) >= 11 is 16.9. The summed E-state index contributed by atoms with van der Waals surface area (Å²) in [4.78, 5) is 25.4. The van der Waals surface area contributed by atoms with Crippen molar-refractivity contribution in [2.24, 2.45) is 5.10 Å². The number of phenols is 1. The van der Waals surface area contributed by atoms with Gasteiger partial charge < -0.3 is 10.4 Å². The van der Waals surface area contributed by atoms with Gasteiger partial charge in [0.1, 0.15) is 10.6 Å². The van der Waals surface area contributed by atoms with Crippen LogP contribution in [0.4, 0.5) is 5.69 Å². The van der Waals surface area contributed by atoms with Crippen molar-refractivity contribution < 1.29 is 14.7 Å². The fourth-order valence-electron chi connectivity index (χ4n) is 2.93. The van der Waals surface area contributed by atoms with Gasteiger partial charge in [-0.25, -0.2) is 5.43 Å². The van der Waals surface area contributed by atoms with Gasteiger partial charge in [0.25, 0.3) is 11.8 Å². The Morgan fingerprint density at radius 1 is 1.00 bits per heavy atom. The van der Waals surface area contributed by atoms with Gasteiger partial charge in [0.05, 0.1) is 11.2 Å². The number of anilines is 1. The van der Waals surface area contributed by atoms with E-state index in [4.69, 9.17) is 23.2 Å². The summed E-state index contributed by atoms with van der Waals surface area (Å²) in [6.45, 7) is 0. The van der Waals surface area contributed by atoms with Crippen LogP contribution in [0.5, 0.6) is 5.75 Å². The van der Waals surface area contributed by atoms with E-state index in [0.717, 1.165) is 14.6 Å². The first-order chi connectivity index (χ1) is 15.8. The lowest BCUT2D eigenvalue weighted by Crippen LogP contribution is -2.17. The van der Waals surface area contributed by atoms with Gasteiger partial charge in [0, 0.05) is 36.4 Å². The van der Waals surface area contributed by atoms with Crippen molar-refractivity contribution in [2.45, 2.75) is 0 Å². The lowest BCUT2D eigenvalue weighted by atomic mass is 10.2. The first-order valence-corrected chi connectivity index (χ1v) is 11.8. The first kappa shape index (κ1) is 23.3. The Morgan fingerprint density at radius 3 is 2.52 bits per heavy atom. The molecule has 0 aliphatic rings. The summed E-state index contributed by atoms with van der Waals surface area (Å²) in [6, 6.07) is 16.5. The van der Waals surface area contributed by atoms with Crippen LogP contribution in [-0.4, -0.2) is 23.1 Å². The summed E-state index contributed by atoms with van der Waals surface area (Å²) in [5.41, 5.74) is 3.70. The molecule has 0 bridgehead atoms. The zero-order chi connectivity index (χ0) is 23.5. The van der Waals surface area contributed by atoms with Crippen molar-refractivity contribution in [1.29, 1.82) is 0 Å². The maximum Gasteiger partial charge on any atom is 0.271 e. The molecule has 0 spiro atoms. The second kappa shape index (κ2) is 9.93. The molecule has 3 N–H and O–H groups in total. The van der Waals surface area contributed by atoms with Crippen molar-refractivity contribution in [3.63, 3.8) is 0 Å². The zero-order valence-electron chi connectivity index (χ0n) is 16.6. The fraction of sp³-hybridized carbons (Fsp3) is 0. The summed E-state index contributed by atoms with van der Waals surface area (Å²) in [7, 11) is 0. The number of nitrogens with one attached hydrogen (secondary N) is 2. The lowest BCUT2D eigenvalue weighted by molar-refractivity contribution is 0.0954. The van der Waals surface area contributed by atoms with Crippen molar-refractivity contribution in [2.75, 3.05) is 5.32 Å². The van der Waals surface area contributed by atoms with Gasteiger partial charge in [-0.15, -0.1) is 11.3 Å². The molecule has 2 amide bonds. The normalized spacial score (nSPS) is 11.1. The van der Waals surface area contributed by atoms with Gasteiger partial charge in [-0.05, 0) is 54.6 Å². The van der Waals surface area contributed by atoms with E-state index in [-0.39, 0.29) is 11.7 Å². The monoisotopic (exact) mass is 561 g/mol. The zero-order valence-corrected chi connectivity index (χ0v) is 20.5. The Bertz CT molecular complexity index is 1400. The summed E-state index contributed by atoms with van der Waals surface area (Å²) < 4.78 is 1.59. The summed E-state index contributed by atoms with van der Waals surface area (Å²) in [5.74, 6) is -0.755. The summed E-state index contributed by atoms with van der Waals surface area (Å²) in [6.07, 6.45) is 1.34. The van der Waals surface area contributed by atoms with Crippen LogP contribution in [0.25, 0.3) is 10.1 Å². The van der Waals surface area contributed by atoms with Crippen LogP contribution < -0.4 is 10.7 Å². The van der Waals surface area contributed by atoms with E-state index in [9.17, 15) is 14.7 Å². The molecular weight excluding hydrogens is 549 g/mol. The molecule has 33 heavy (non-hydrogen) atoms. The lowest BCUT2D eigenvalue weighted by Gasteiger charge is -2.06. The van der Waals surface area contributed by atoms with Crippen LogP contribution in [0.3, 0.4) is 0 Å². The molecule has 0 fully saturated rings. The van der Waals surface area contributed by atoms with Gasteiger partial charge in [-0.3, -0.25) is 9.59 Å². The van der Waals surface area contributed by atoms with Crippen LogP contribution >= 0.6 is 50.5 Å². The second-order valence-corrected chi connectivity index (χ2v) is 9.60. The Balaban J connectivity index is 1.41. The maximum atomic E-state index is 12.7. The molecule has 3 aromatic carbocycles. The molecule has 0 radical (unpaired) electrons. The highest BCUT2D eigenvalue weighted by atomic mass is 79.9. The van der Waals surface area contributed by atoms with Gasteiger partial charge in [-0.2, -0.15) is 5.10 Å². The number of aromatic hydroxyl groups is 1. The molecule has 4 aromatic rings. The number of carbonyl (C=O) groups excluding carboxylic acids is 2. The highest BCUT2D eigenvalue weighted by Gasteiger charge is 2.17. The van der Waals surface area contributed by atoms with Gasteiger partial charge >= 0.3 is 0 Å². The van der Waals surface area contributed by atoms with Crippen molar-refractivity contribution in [1.82, 2.24) is 5.43 Å². The fourth-order valence-corrected chi connectivity index (χ4v) is 5.00. The quantitative estimate of drug-likeness (QED) is 0.187. The molecule has 166 valence electrons. The van der Waals surface area contributed by atoms with Gasteiger partial charge in [-0.1, -0.05) is 45.2 Å². The Hall–Kier alpha value is -2.91. The number of benzene rings is 3. The highest BCUT2D eigenvalue weighted by molar-refractivity contribution is 9.10. The molecule has 0 saturated heterocycles. The number of rotatable bonds is 5. The third-order valence-corrected chi connectivity index (χ3v) is 6.95. The van der Waals surface area contributed by atoms with Crippen LogP contribution in [-0.2, 0) is 0 Å². The van der Waals surface area contributed by atoms with E-state index in [1.165, 1.54) is 23.6 Å². The number of fused-ring (bicyclic) bond motifs is 1. The minimum Gasteiger partial charge on any atom is -0.507 e. The number of hydrogen-bond acceptors (Lipinski definition) is 5. The van der Waals surface area contributed by atoms with E-state index < -0.39 is 5.91 Å². The molecule has 10 heteroatoms. The van der Waals surface area contributed by atoms with Crippen LogP contribution in [0.1, 0.15) is 25.6 Å². The van der Waals surface area contributed by atoms with E-state index in [1.807, 2.05) is 0 Å². The number of amides is 2. The Morgan fingerprint density at radius 2 is 1.76 bits per heavy atom. The number of hydrogen-bond donors (Lipinski definition) is 3. The molecule has 6 nitrogen and oxygen atoms in total. The predicted molar refractivity (Wildman–Crippen MR) is 137 cm³/mol. The largest absolute Gasteiger partial charge is 0.507 e. The smallest absolute Gasteiger partial charge is 0.271 e. The molecule has 0 aliphatic carbocycles.